The maximum absolute atomic E-state index is 13.5. The molecule has 2 aromatic carbocycles. The molecule has 0 fully saturated rings. The Labute approximate surface area is 174 Å². The zero-order valence-electron chi connectivity index (χ0n) is 16.5. The quantitative estimate of drug-likeness (QED) is 0.612. The Kier molecular flexibility index (Phi) is 4.39. The SMILES string of the molecule is COc1ccc(C2=C(N3CCc4ccccc43)C(=O)N(Cc3ccco3)C2=O)cc1. The van der Waals surface area contributed by atoms with Crippen LogP contribution in [0.3, 0.4) is 0 Å². The summed E-state index contributed by atoms with van der Waals surface area (Å²) in [6.45, 7) is 0.755. The van der Waals surface area contributed by atoms with Gasteiger partial charge in [-0.2, -0.15) is 0 Å². The number of carbonyl (C=O) groups excluding carboxylic acids is 2. The molecule has 150 valence electrons. The first kappa shape index (κ1) is 18.2. The predicted octanol–water partition coefficient (Wildman–Crippen LogP) is 3.63. The molecule has 5 rings (SSSR count). The van der Waals surface area contributed by atoms with Crippen LogP contribution in [-0.2, 0) is 22.6 Å². The summed E-state index contributed by atoms with van der Waals surface area (Å²) in [5, 5.41) is 0. The van der Waals surface area contributed by atoms with E-state index in [1.165, 1.54) is 16.7 Å². The Balaban J connectivity index is 1.62. The number of methoxy groups -OCH3 is 1. The Morgan fingerprint density at radius 2 is 1.77 bits per heavy atom. The van der Waals surface area contributed by atoms with Crippen molar-refractivity contribution in [1.82, 2.24) is 4.90 Å². The molecule has 3 heterocycles. The van der Waals surface area contributed by atoms with Crippen molar-refractivity contribution < 1.29 is 18.7 Å². The lowest BCUT2D eigenvalue weighted by molar-refractivity contribution is -0.137. The van der Waals surface area contributed by atoms with Crippen LogP contribution in [-0.4, -0.2) is 30.4 Å². The maximum atomic E-state index is 13.5. The number of ether oxygens (including phenoxy) is 1. The summed E-state index contributed by atoms with van der Waals surface area (Å²) in [6, 6.07) is 18.7. The number of furan rings is 1. The number of hydrogen-bond acceptors (Lipinski definition) is 5. The van der Waals surface area contributed by atoms with Crippen molar-refractivity contribution in [2.75, 3.05) is 18.6 Å². The molecular weight excluding hydrogens is 380 g/mol. The minimum atomic E-state index is -0.319. The second-order valence-electron chi connectivity index (χ2n) is 7.26. The van der Waals surface area contributed by atoms with Crippen molar-refractivity contribution in [2.24, 2.45) is 0 Å². The molecule has 6 nitrogen and oxygen atoms in total. The second-order valence-corrected chi connectivity index (χ2v) is 7.26. The number of nitrogens with zero attached hydrogens (tertiary/aromatic N) is 2. The average molecular weight is 400 g/mol. The smallest absolute Gasteiger partial charge is 0.278 e. The molecule has 2 amide bonds. The fourth-order valence-electron chi connectivity index (χ4n) is 4.10. The Bertz CT molecular complexity index is 1150. The number of rotatable bonds is 5. The normalized spacial score (nSPS) is 15.9. The molecule has 0 radical (unpaired) electrons. The molecule has 0 spiro atoms. The molecule has 0 aliphatic carbocycles. The first-order valence-electron chi connectivity index (χ1n) is 9.80. The summed E-state index contributed by atoms with van der Waals surface area (Å²) in [4.78, 5) is 30.1. The summed E-state index contributed by atoms with van der Waals surface area (Å²) in [5.74, 6) is 0.630. The lowest BCUT2D eigenvalue weighted by Gasteiger charge is -2.21. The van der Waals surface area contributed by atoms with E-state index in [1.54, 1.807) is 31.4 Å². The molecule has 0 bridgehead atoms. The molecule has 30 heavy (non-hydrogen) atoms. The topological polar surface area (TPSA) is 63.0 Å². The van der Waals surface area contributed by atoms with E-state index in [-0.39, 0.29) is 18.4 Å². The number of fused-ring (bicyclic) bond motifs is 1. The number of imide groups is 1. The van der Waals surface area contributed by atoms with Crippen molar-refractivity contribution in [2.45, 2.75) is 13.0 Å². The van der Waals surface area contributed by atoms with Crippen LogP contribution in [0.5, 0.6) is 5.75 Å². The lowest BCUT2D eigenvalue weighted by Crippen LogP contribution is -2.34. The minimum absolute atomic E-state index is 0.101. The van der Waals surface area contributed by atoms with E-state index in [0.717, 1.165) is 12.1 Å². The first-order valence-corrected chi connectivity index (χ1v) is 9.80. The van der Waals surface area contributed by atoms with Crippen molar-refractivity contribution in [1.29, 1.82) is 0 Å². The third-order valence-corrected chi connectivity index (χ3v) is 5.57. The lowest BCUT2D eigenvalue weighted by atomic mass is 10.0. The van der Waals surface area contributed by atoms with Gasteiger partial charge in [0.2, 0.25) is 0 Å². The molecular formula is C24H20N2O4. The summed E-state index contributed by atoms with van der Waals surface area (Å²) >= 11 is 0. The first-order chi connectivity index (χ1) is 14.7. The van der Waals surface area contributed by atoms with Gasteiger partial charge in [0.25, 0.3) is 11.8 Å². The van der Waals surface area contributed by atoms with E-state index < -0.39 is 0 Å². The molecule has 3 aromatic rings. The van der Waals surface area contributed by atoms with Gasteiger partial charge in [-0.05, 0) is 47.9 Å². The van der Waals surface area contributed by atoms with Gasteiger partial charge in [0, 0.05) is 12.2 Å². The molecule has 0 atom stereocenters. The molecule has 0 unspecified atom stereocenters. The third kappa shape index (κ3) is 2.88. The van der Waals surface area contributed by atoms with E-state index in [4.69, 9.17) is 9.15 Å². The third-order valence-electron chi connectivity index (χ3n) is 5.57. The van der Waals surface area contributed by atoms with Crippen LogP contribution < -0.4 is 9.64 Å². The van der Waals surface area contributed by atoms with Crippen LogP contribution in [0, 0.1) is 0 Å². The van der Waals surface area contributed by atoms with Crippen LogP contribution in [0.15, 0.2) is 77.0 Å². The Hall–Kier alpha value is -3.80. The highest BCUT2D eigenvalue weighted by atomic mass is 16.5. The zero-order chi connectivity index (χ0) is 20.7. The average Bonchev–Trinajstić information content (AvgIpc) is 3.49. The number of amides is 2. The van der Waals surface area contributed by atoms with Gasteiger partial charge >= 0.3 is 0 Å². The van der Waals surface area contributed by atoms with Gasteiger partial charge in [-0.1, -0.05) is 30.3 Å². The fourth-order valence-corrected chi connectivity index (χ4v) is 4.10. The Morgan fingerprint density at radius 1 is 0.967 bits per heavy atom. The molecule has 0 saturated heterocycles. The fraction of sp³-hybridized carbons (Fsp3) is 0.167. The largest absolute Gasteiger partial charge is 0.497 e. The monoisotopic (exact) mass is 400 g/mol. The van der Waals surface area contributed by atoms with E-state index >= 15 is 0 Å². The molecule has 0 N–H and O–H groups in total. The molecule has 6 heteroatoms. The summed E-state index contributed by atoms with van der Waals surface area (Å²) in [6.07, 6.45) is 2.37. The summed E-state index contributed by atoms with van der Waals surface area (Å²) in [5.41, 5.74) is 3.66. The van der Waals surface area contributed by atoms with Crippen LogP contribution in [0.1, 0.15) is 16.9 Å². The van der Waals surface area contributed by atoms with Crippen molar-refractivity contribution in [3.63, 3.8) is 0 Å². The number of hydrogen-bond donors (Lipinski definition) is 0. The number of benzene rings is 2. The van der Waals surface area contributed by atoms with E-state index in [1.807, 2.05) is 35.2 Å². The number of carbonyl (C=O) groups is 2. The second kappa shape index (κ2) is 7.22. The summed E-state index contributed by atoms with van der Waals surface area (Å²) < 4.78 is 10.6. The van der Waals surface area contributed by atoms with Gasteiger partial charge in [-0.3, -0.25) is 14.5 Å². The van der Waals surface area contributed by atoms with Crippen LogP contribution >= 0.6 is 0 Å². The van der Waals surface area contributed by atoms with Gasteiger partial charge in [-0.15, -0.1) is 0 Å². The molecule has 1 aromatic heterocycles. The molecule has 2 aliphatic heterocycles. The van der Waals surface area contributed by atoms with E-state index in [9.17, 15) is 9.59 Å². The number of para-hydroxylation sites is 1. The van der Waals surface area contributed by atoms with Crippen molar-refractivity contribution >= 4 is 23.1 Å². The Morgan fingerprint density at radius 3 is 2.50 bits per heavy atom. The van der Waals surface area contributed by atoms with Gasteiger partial charge < -0.3 is 14.1 Å². The van der Waals surface area contributed by atoms with Crippen LogP contribution in [0.2, 0.25) is 0 Å². The van der Waals surface area contributed by atoms with Gasteiger partial charge in [0.05, 0.1) is 25.5 Å². The van der Waals surface area contributed by atoms with Gasteiger partial charge in [0.1, 0.15) is 17.2 Å². The minimum Gasteiger partial charge on any atom is -0.497 e. The van der Waals surface area contributed by atoms with Gasteiger partial charge in [0.15, 0.2) is 0 Å². The number of anilines is 1. The van der Waals surface area contributed by atoms with Crippen LogP contribution in [0.25, 0.3) is 5.57 Å². The maximum Gasteiger partial charge on any atom is 0.278 e. The molecule has 2 aliphatic rings. The highest BCUT2D eigenvalue weighted by molar-refractivity contribution is 6.36. The van der Waals surface area contributed by atoms with Gasteiger partial charge in [-0.25, -0.2) is 0 Å². The van der Waals surface area contributed by atoms with Crippen molar-refractivity contribution in [3.8, 4) is 5.75 Å². The van der Waals surface area contributed by atoms with E-state index in [2.05, 4.69) is 6.07 Å². The standard InChI is InChI=1S/C24H20N2O4/c1-29-18-10-8-17(9-11-18)21-22(25-13-12-16-5-2-3-7-20(16)25)24(28)26(23(21)27)15-19-6-4-14-30-19/h2-11,14H,12-13,15H2,1H3. The van der Waals surface area contributed by atoms with Crippen LogP contribution in [0.4, 0.5) is 5.69 Å². The van der Waals surface area contributed by atoms with E-state index in [0.29, 0.717) is 34.9 Å². The zero-order valence-corrected chi connectivity index (χ0v) is 16.5. The highest BCUT2D eigenvalue weighted by Crippen LogP contribution is 2.39. The van der Waals surface area contributed by atoms with Crippen molar-refractivity contribution in [3.05, 3.63) is 89.5 Å². The highest BCUT2D eigenvalue weighted by Gasteiger charge is 2.43. The summed E-state index contributed by atoms with van der Waals surface area (Å²) in [7, 11) is 1.59. The molecule has 0 saturated carbocycles. The predicted molar refractivity (Wildman–Crippen MR) is 112 cm³/mol.